The maximum atomic E-state index is 4.43. The van der Waals surface area contributed by atoms with E-state index >= 15 is 0 Å². The van der Waals surface area contributed by atoms with Crippen molar-refractivity contribution in [1.82, 2.24) is 19.8 Å². The number of nitrogens with zero attached hydrogens (tertiary/aromatic N) is 3. The zero-order valence-corrected chi connectivity index (χ0v) is 11.9. The van der Waals surface area contributed by atoms with Crippen LogP contribution in [0.4, 0.5) is 0 Å². The van der Waals surface area contributed by atoms with Crippen LogP contribution in [0, 0.1) is 5.92 Å². The van der Waals surface area contributed by atoms with Crippen molar-refractivity contribution >= 4 is 0 Å². The van der Waals surface area contributed by atoms with Gasteiger partial charge in [-0.1, -0.05) is 20.3 Å². The zero-order valence-electron chi connectivity index (χ0n) is 11.9. The molecule has 0 aromatic carbocycles. The molecule has 2 heterocycles. The minimum Gasteiger partial charge on any atom is -0.337 e. The third-order valence-electron chi connectivity index (χ3n) is 4.13. The Bertz CT molecular complexity index is 360. The number of nitrogens with one attached hydrogen (secondary N) is 1. The highest BCUT2D eigenvalue weighted by atomic mass is 15.2. The summed E-state index contributed by atoms with van der Waals surface area (Å²) in [5.74, 6) is 1.91. The van der Waals surface area contributed by atoms with Crippen molar-refractivity contribution in [3.05, 3.63) is 18.2 Å². The molecule has 0 spiro atoms. The average molecular weight is 250 g/mol. The molecule has 2 rings (SSSR count). The van der Waals surface area contributed by atoms with E-state index in [1.165, 1.54) is 25.2 Å². The van der Waals surface area contributed by atoms with E-state index in [2.05, 4.69) is 40.7 Å². The second-order valence-corrected chi connectivity index (χ2v) is 5.49. The van der Waals surface area contributed by atoms with Gasteiger partial charge in [-0.25, -0.2) is 4.98 Å². The first-order valence-electron chi connectivity index (χ1n) is 7.12. The fraction of sp³-hybridized carbons (Fsp3) is 0.786. The number of hydrogen-bond donors (Lipinski definition) is 1. The summed E-state index contributed by atoms with van der Waals surface area (Å²) in [6.07, 6.45) is 6.39. The molecule has 1 N–H and O–H groups in total. The van der Waals surface area contributed by atoms with E-state index in [1.54, 1.807) is 0 Å². The molecule has 0 saturated carbocycles. The van der Waals surface area contributed by atoms with Crippen molar-refractivity contribution in [3.8, 4) is 0 Å². The van der Waals surface area contributed by atoms with Crippen LogP contribution in [0.25, 0.3) is 0 Å². The molecule has 1 aromatic rings. The average Bonchev–Trinajstić information content (AvgIpc) is 2.65. The Labute approximate surface area is 110 Å². The Balaban J connectivity index is 1.97. The molecule has 0 aliphatic carbocycles. The standard InChI is InChI=1S/C14H26N4/c1-4-12(2)13-10-18(8-5-6-15-13)11-14-16-7-9-17(14)3/h7,9,12-13,15H,4-6,8,10-11H2,1-3H3. The van der Waals surface area contributed by atoms with Gasteiger partial charge in [-0.3, -0.25) is 4.90 Å². The van der Waals surface area contributed by atoms with E-state index in [4.69, 9.17) is 0 Å². The number of aromatic nitrogens is 2. The van der Waals surface area contributed by atoms with Crippen molar-refractivity contribution in [2.24, 2.45) is 13.0 Å². The van der Waals surface area contributed by atoms with Crippen molar-refractivity contribution in [1.29, 1.82) is 0 Å². The highest BCUT2D eigenvalue weighted by Crippen LogP contribution is 2.14. The summed E-state index contributed by atoms with van der Waals surface area (Å²) in [5.41, 5.74) is 0. The highest BCUT2D eigenvalue weighted by Gasteiger charge is 2.22. The van der Waals surface area contributed by atoms with Crippen molar-refractivity contribution in [2.45, 2.75) is 39.3 Å². The summed E-state index contributed by atoms with van der Waals surface area (Å²) in [5, 5.41) is 3.69. The van der Waals surface area contributed by atoms with Gasteiger partial charge in [-0.2, -0.15) is 0 Å². The normalized spacial score (nSPS) is 23.8. The molecule has 4 nitrogen and oxygen atoms in total. The van der Waals surface area contributed by atoms with Crippen molar-refractivity contribution in [2.75, 3.05) is 19.6 Å². The third-order valence-corrected chi connectivity index (χ3v) is 4.13. The first-order chi connectivity index (χ1) is 8.70. The Morgan fingerprint density at radius 2 is 2.39 bits per heavy atom. The molecule has 1 aliphatic rings. The largest absolute Gasteiger partial charge is 0.337 e. The topological polar surface area (TPSA) is 33.1 Å². The van der Waals surface area contributed by atoms with Gasteiger partial charge in [0.1, 0.15) is 5.82 Å². The molecular formula is C14H26N4. The van der Waals surface area contributed by atoms with Crippen LogP contribution in [0.1, 0.15) is 32.5 Å². The summed E-state index contributed by atoms with van der Waals surface area (Å²) in [6, 6.07) is 0.623. The van der Waals surface area contributed by atoms with Gasteiger partial charge in [0.15, 0.2) is 0 Å². The number of imidazole rings is 1. The predicted molar refractivity (Wildman–Crippen MR) is 74.3 cm³/mol. The first-order valence-corrected chi connectivity index (χ1v) is 7.12. The van der Waals surface area contributed by atoms with E-state index in [0.29, 0.717) is 6.04 Å². The van der Waals surface area contributed by atoms with Crippen LogP contribution in [0.15, 0.2) is 12.4 Å². The molecule has 1 fully saturated rings. The molecule has 4 heteroatoms. The van der Waals surface area contributed by atoms with Gasteiger partial charge in [0.2, 0.25) is 0 Å². The van der Waals surface area contributed by atoms with Gasteiger partial charge in [0, 0.05) is 32.0 Å². The number of rotatable bonds is 4. The summed E-state index contributed by atoms with van der Waals surface area (Å²) in [6.45, 7) is 9.06. The van der Waals surface area contributed by atoms with Gasteiger partial charge < -0.3 is 9.88 Å². The van der Waals surface area contributed by atoms with E-state index in [-0.39, 0.29) is 0 Å². The molecule has 0 amide bonds. The Kier molecular flexibility index (Phi) is 4.78. The molecule has 2 atom stereocenters. The lowest BCUT2D eigenvalue weighted by Gasteiger charge is -2.27. The summed E-state index contributed by atoms with van der Waals surface area (Å²) in [4.78, 5) is 6.97. The van der Waals surface area contributed by atoms with Crippen LogP contribution in [0.2, 0.25) is 0 Å². The Hall–Kier alpha value is -0.870. The predicted octanol–water partition coefficient (Wildman–Crippen LogP) is 1.63. The van der Waals surface area contributed by atoms with E-state index in [0.717, 1.165) is 25.6 Å². The summed E-state index contributed by atoms with van der Waals surface area (Å²) < 4.78 is 2.12. The molecule has 0 bridgehead atoms. The van der Waals surface area contributed by atoms with Crippen LogP contribution < -0.4 is 5.32 Å². The molecule has 1 saturated heterocycles. The van der Waals surface area contributed by atoms with E-state index in [1.807, 2.05) is 12.4 Å². The second-order valence-electron chi connectivity index (χ2n) is 5.49. The second kappa shape index (κ2) is 6.34. The molecule has 2 unspecified atom stereocenters. The van der Waals surface area contributed by atoms with Crippen molar-refractivity contribution < 1.29 is 0 Å². The maximum absolute atomic E-state index is 4.43. The Morgan fingerprint density at radius 3 is 3.06 bits per heavy atom. The molecule has 1 aliphatic heterocycles. The Morgan fingerprint density at radius 1 is 1.56 bits per heavy atom. The monoisotopic (exact) mass is 250 g/mol. The summed E-state index contributed by atoms with van der Waals surface area (Å²) in [7, 11) is 2.07. The SMILES string of the molecule is CCC(C)C1CN(Cc2nccn2C)CCCN1. The fourth-order valence-electron chi connectivity index (χ4n) is 2.58. The van der Waals surface area contributed by atoms with Gasteiger partial charge in [-0.15, -0.1) is 0 Å². The van der Waals surface area contributed by atoms with E-state index < -0.39 is 0 Å². The van der Waals surface area contributed by atoms with Gasteiger partial charge in [0.25, 0.3) is 0 Å². The fourth-order valence-corrected chi connectivity index (χ4v) is 2.58. The molecular weight excluding hydrogens is 224 g/mol. The van der Waals surface area contributed by atoms with Crippen LogP contribution in [-0.2, 0) is 13.6 Å². The smallest absolute Gasteiger partial charge is 0.122 e. The van der Waals surface area contributed by atoms with Crippen LogP contribution in [-0.4, -0.2) is 40.1 Å². The quantitative estimate of drug-likeness (QED) is 0.882. The molecule has 1 aromatic heterocycles. The van der Waals surface area contributed by atoms with E-state index in [9.17, 15) is 0 Å². The molecule has 102 valence electrons. The molecule has 18 heavy (non-hydrogen) atoms. The summed E-state index contributed by atoms with van der Waals surface area (Å²) >= 11 is 0. The maximum Gasteiger partial charge on any atom is 0.122 e. The van der Waals surface area contributed by atoms with Gasteiger partial charge in [0.05, 0.1) is 6.54 Å². The lowest BCUT2D eigenvalue weighted by atomic mass is 9.99. The van der Waals surface area contributed by atoms with Crippen LogP contribution in [0.5, 0.6) is 0 Å². The number of hydrogen-bond acceptors (Lipinski definition) is 3. The van der Waals surface area contributed by atoms with Crippen molar-refractivity contribution in [3.63, 3.8) is 0 Å². The van der Waals surface area contributed by atoms with Crippen LogP contribution in [0.3, 0.4) is 0 Å². The lowest BCUT2D eigenvalue weighted by Crippen LogP contribution is -2.41. The third kappa shape index (κ3) is 3.33. The lowest BCUT2D eigenvalue weighted by molar-refractivity contribution is 0.225. The molecule has 0 radical (unpaired) electrons. The highest BCUT2D eigenvalue weighted by molar-refractivity contribution is 4.92. The zero-order chi connectivity index (χ0) is 13.0. The minimum atomic E-state index is 0.623. The minimum absolute atomic E-state index is 0.623. The number of aryl methyl sites for hydroxylation is 1. The van der Waals surface area contributed by atoms with Crippen LogP contribution >= 0.6 is 0 Å². The van der Waals surface area contributed by atoms with Gasteiger partial charge in [-0.05, 0) is 25.4 Å². The first kappa shape index (κ1) is 13.6. The van der Waals surface area contributed by atoms with Gasteiger partial charge >= 0.3 is 0 Å².